The van der Waals surface area contributed by atoms with Crippen molar-refractivity contribution in [2.75, 3.05) is 6.61 Å². The minimum absolute atomic E-state index is 0.804. The maximum atomic E-state index is 5.66. The van der Waals surface area contributed by atoms with Gasteiger partial charge in [-0.25, -0.2) is 0 Å². The second-order valence-corrected chi connectivity index (χ2v) is 4.09. The zero-order chi connectivity index (χ0) is 11.9. The van der Waals surface area contributed by atoms with Crippen molar-refractivity contribution in [3.05, 3.63) is 42.9 Å². The number of hydrogen-bond acceptors (Lipinski definition) is 2. The lowest BCUT2D eigenvalue weighted by Gasteiger charge is -2.06. The summed E-state index contributed by atoms with van der Waals surface area (Å²) in [6.45, 7) is 3.00. The Kier molecular flexibility index (Phi) is 4.25. The van der Waals surface area contributed by atoms with Crippen LogP contribution in [0, 0.1) is 0 Å². The molecule has 2 rings (SSSR count). The number of unbranched alkanes of at least 4 members (excludes halogenated alkanes) is 2. The molecule has 0 spiro atoms. The van der Waals surface area contributed by atoms with Crippen molar-refractivity contribution in [3.63, 3.8) is 0 Å². The molecule has 2 nitrogen and oxygen atoms in total. The van der Waals surface area contributed by atoms with Gasteiger partial charge in [0.25, 0.3) is 0 Å². The van der Waals surface area contributed by atoms with Crippen molar-refractivity contribution < 1.29 is 9.15 Å². The molecular weight excluding hydrogens is 212 g/mol. The molecule has 0 radical (unpaired) electrons. The standard InChI is InChI=1S/C15H18O2/c1-2-3-4-10-17-15-7-5-13(6-8-15)14-9-11-16-12-14/h5-9,11-12H,2-4,10H2,1H3. The van der Waals surface area contributed by atoms with Gasteiger partial charge in [-0.15, -0.1) is 0 Å². The first kappa shape index (κ1) is 11.8. The lowest BCUT2D eigenvalue weighted by molar-refractivity contribution is 0.306. The molecule has 17 heavy (non-hydrogen) atoms. The molecule has 1 heterocycles. The normalized spacial score (nSPS) is 10.4. The molecule has 0 amide bonds. The Bertz CT molecular complexity index is 415. The molecule has 0 unspecified atom stereocenters. The fourth-order valence-corrected chi connectivity index (χ4v) is 1.71. The largest absolute Gasteiger partial charge is 0.494 e. The van der Waals surface area contributed by atoms with Crippen LogP contribution in [-0.4, -0.2) is 6.61 Å². The molecule has 0 atom stereocenters. The molecule has 0 aliphatic rings. The van der Waals surface area contributed by atoms with Crippen LogP contribution in [0.4, 0.5) is 0 Å². The predicted molar refractivity (Wildman–Crippen MR) is 69.2 cm³/mol. The summed E-state index contributed by atoms with van der Waals surface area (Å²) in [5.74, 6) is 0.938. The molecule has 2 heteroatoms. The van der Waals surface area contributed by atoms with E-state index in [0.29, 0.717) is 0 Å². The van der Waals surface area contributed by atoms with Crippen molar-refractivity contribution in [1.29, 1.82) is 0 Å². The SMILES string of the molecule is CCCCCOc1ccc(-c2ccoc2)cc1. The van der Waals surface area contributed by atoms with E-state index in [4.69, 9.17) is 9.15 Å². The van der Waals surface area contributed by atoms with Crippen LogP contribution in [0.1, 0.15) is 26.2 Å². The van der Waals surface area contributed by atoms with Gasteiger partial charge in [-0.1, -0.05) is 31.9 Å². The van der Waals surface area contributed by atoms with Gasteiger partial charge in [0, 0.05) is 5.56 Å². The van der Waals surface area contributed by atoms with E-state index >= 15 is 0 Å². The maximum absolute atomic E-state index is 5.66. The molecule has 0 aliphatic heterocycles. The summed E-state index contributed by atoms with van der Waals surface area (Å²) in [6, 6.07) is 10.1. The molecule has 1 aromatic carbocycles. The fraction of sp³-hybridized carbons (Fsp3) is 0.333. The number of benzene rings is 1. The van der Waals surface area contributed by atoms with E-state index in [1.807, 2.05) is 18.2 Å². The number of rotatable bonds is 6. The van der Waals surface area contributed by atoms with Crippen LogP contribution < -0.4 is 4.74 Å². The van der Waals surface area contributed by atoms with Crippen LogP contribution >= 0.6 is 0 Å². The smallest absolute Gasteiger partial charge is 0.119 e. The van der Waals surface area contributed by atoms with Gasteiger partial charge in [0.1, 0.15) is 5.75 Å². The summed E-state index contributed by atoms with van der Waals surface area (Å²) in [6.07, 6.45) is 7.01. The van der Waals surface area contributed by atoms with E-state index in [9.17, 15) is 0 Å². The fourth-order valence-electron chi connectivity index (χ4n) is 1.71. The predicted octanol–water partition coefficient (Wildman–Crippen LogP) is 4.52. The molecule has 1 aromatic heterocycles. The van der Waals surface area contributed by atoms with E-state index < -0.39 is 0 Å². The Labute approximate surface area is 102 Å². The van der Waals surface area contributed by atoms with E-state index in [-0.39, 0.29) is 0 Å². The van der Waals surface area contributed by atoms with Gasteiger partial charge in [-0.3, -0.25) is 0 Å². The Hall–Kier alpha value is -1.70. The first-order valence-corrected chi connectivity index (χ1v) is 6.15. The van der Waals surface area contributed by atoms with E-state index in [1.54, 1.807) is 12.5 Å². The minimum Gasteiger partial charge on any atom is -0.494 e. The highest BCUT2D eigenvalue weighted by molar-refractivity contribution is 5.62. The lowest BCUT2D eigenvalue weighted by atomic mass is 10.1. The molecule has 2 aromatic rings. The third-order valence-corrected chi connectivity index (χ3v) is 2.73. The summed E-state index contributed by atoms with van der Waals surface area (Å²) in [5.41, 5.74) is 2.25. The summed E-state index contributed by atoms with van der Waals surface area (Å²) < 4.78 is 10.7. The Morgan fingerprint density at radius 1 is 1.00 bits per heavy atom. The van der Waals surface area contributed by atoms with Crippen molar-refractivity contribution in [2.24, 2.45) is 0 Å². The topological polar surface area (TPSA) is 22.4 Å². The van der Waals surface area contributed by atoms with Crippen LogP contribution in [0.15, 0.2) is 47.3 Å². The van der Waals surface area contributed by atoms with E-state index in [2.05, 4.69) is 19.1 Å². The third kappa shape index (κ3) is 3.38. The quantitative estimate of drug-likeness (QED) is 0.681. The number of furan rings is 1. The lowest BCUT2D eigenvalue weighted by Crippen LogP contribution is -1.96. The minimum atomic E-state index is 0.804. The molecule has 0 fully saturated rings. The zero-order valence-electron chi connectivity index (χ0n) is 10.2. The molecule has 0 saturated carbocycles. The van der Waals surface area contributed by atoms with Gasteiger partial charge >= 0.3 is 0 Å². The monoisotopic (exact) mass is 230 g/mol. The molecule has 0 bridgehead atoms. The van der Waals surface area contributed by atoms with Crippen molar-refractivity contribution in [2.45, 2.75) is 26.2 Å². The molecule has 90 valence electrons. The van der Waals surface area contributed by atoms with Gasteiger partial charge in [-0.2, -0.15) is 0 Å². The highest BCUT2D eigenvalue weighted by Crippen LogP contribution is 2.22. The first-order valence-electron chi connectivity index (χ1n) is 6.15. The van der Waals surface area contributed by atoms with Crippen molar-refractivity contribution >= 4 is 0 Å². The summed E-state index contributed by atoms with van der Waals surface area (Å²) in [5, 5.41) is 0. The van der Waals surface area contributed by atoms with Gasteiger partial charge in [0.15, 0.2) is 0 Å². The van der Waals surface area contributed by atoms with Gasteiger partial charge in [0.05, 0.1) is 19.1 Å². The zero-order valence-corrected chi connectivity index (χ0v) is 10.2. The summed E-state index contributed by atoms with van der Waals surface area (Å²) >= 11 is 0. The number of ether oxygens (including phenoxy) is 1. The Morgan fingerprint density at radius 3 is 2.47 bits per heavy atom. The van der Waals surface area contributed by atoms with Crippen LogP contribution in [0.2, 0.25) is 0 Å². The van der Waals surface area contributed by atoms with E-state index in [0.717, 1.165) is 29.9 Å². The second-order valence-electron chi connectivity index (χ2n) is 4.09. The summed E-state index contributed by atoms with van der Waals surface area (Å²) in [4.78, 5) is 0. The van der Waals surface area contributed by atoms with Crippen molar-refractivity contribution in [3.8, 4) is 16.9 Å². The third-order valence-electron chi connectivity index (χ3n) is 2.73. The van der Waals surface area contributed by atoms with Gasteiger partial charge in [-0.05, 0) is 30.2 Å². The number of hydrogen-bond donors (Lipinski definition) is 0. The Balaban J connectivity index is 1.90. The van der Waals surface area contributed by atoms with E-state index in [1.165, 1.54) is 12.8 Å². The molecule has 0 N–H and O–H groups in total. The van der Waals surface area contributed by atoms with Crippen LogP contribution in [0.5, 0.6) is 5.75 Å². The van der Waals surface area contributed by atoms with Crippen LogP contribution in [-0.2, 0) is 0 Å². The molecule has 0 aliphatic carbocycles. The molecular formula is C15H18O2. The maximum Gasteiger partial charge on any atom is 0.119 e. The van der Waals surface area contributed by atoms with Crippen molar-refractivity contribution in [1.82, 2.24) is 0 Å². The van der Waals surface area contributed by atoms with Gasteiger partial charge in [0.2, 0.25) is 0 Å². The Morgan fingerprint density at radius 2 is 1.82 bits per heavy atom. The average Bonchev–Trinajstić information content (AvgIpc) is 2.89. The average molecular weight is 230 g/mol. The van der Waals surface area contributed by atoms with Gasteiger partial charge < -0.3 is 9.15 Å². The second kappa shape index (κ2) is 6.14. The van der Waals surface area contributed by atoms with Crippen LogP contribution in [0.3, 0.4) is 0 Å². The highest BCUT2D eigenvalue weighted by Gasteiger charge is 1.99. The summed E-state index contributed by atoms with van der Waals surface area (Å²) in [7, 11) is 0. The molecule has 0 saturated heterocycles. The first-order chi connectivity index (χ1) is 8.40. The van der Waals surface area contributed by atoms with Crippen LogP contribution in [0.25, 0.3) is 11.1 Å². The highest BCUT2D eigenvalue weighted by atomic mass is 16.5.